The summed E-state index contributed by atoms with van der Waals surface area (Å²) in [6.45, 7) is 2.89. The number of nitrogens with one attached hydrogen (secondary N) is 1. The van der Waals surface area contributed by atoms with Gasteiger partial charge in [-0.25, -0.2) is 0 Å². The molecule has 0 heterocycles. The van der Waals surface area contributed by atoms with Gasteiger partial charge in [-0.1, -0.05) is 5.57 Å². The number of rotatable bonds is 4. The highest BCUT2D eigenvalue weighted by Crippen LogP contribution is 1.96. The molecular weight excluding hydrogens is 114 g/mol. The Labute approximate surface area is 56.9 Å². The summed E-state index contributed by atoms with van der Waals surface area (Å²) in [5.74, 6) is 0. The fourth-order valence-electron chi connectivity index (χ4n) is 0.582. The van der Waals surface area contributed by atoms with Gasteiger partial charge in [-0.05, 0) is 19.5 Å². The monoisotopic (exact) mass is 129 g/mol. The minimum atomic E-state index is 0.810. The van der Waals surface area contributed by atoms with Crippen molar-refractivity contribution in [1.29, 1.82) is 0 Å². The van der Waals surface area contributed by atoms with Crippen LogP contribution in [-0.4, -0.2) is 20.8 Å². The van der Waals surface area contributed by atoms with Crippen LogP contribution in [0.15, 0.2) is 11.8 Å². The zero-order chi connectivity index (χ0) is 7.11. The molecule has 0 aromatic rings. The van der Waals surface area contributed by atoms with Crippen molar-refractivity contribution in [3.05, 3.63) is 11.8 Å². The summed E-state index contributed by atoms with van der Waals surface area (Å²) in [5, 5.41) is 2.96. The molecular formula is C7H15NO. The molecule has 0 saturated heterocycles. The lowest BCUT2D eigenvalue weighted by Crippen LogP contribution is -1.96. The summed E-state index contributed by atoms with van der Waals surface area (Å²) in [6.07, 6.45) is 3.00. The van der Waals surface area contributed by atoms with Gasteiger partial charge < -0.3 is 10.1 Å². The average molecular weight is 129 g/mol. The van der Waals surface area contributed by atoms with Crippen molar-refractivity contribution in [3.8, 4) is 0 Å². The third-order valence-electron chi connectivity index (χ3n) is 1.09. The maximum atomic E-state index is 4.89. The molecule has 0 aromatic carbocycles. The first-order valence-corrected chi connectivity index (χ1v) is 3.13. The second-order valence-corrected chi connectivity index (χ2v) is 2.02. The van der Waals surface area contributed by atoms with Crippen LogP contribution in [0.25, 0.3) is 0 Å². The summed E-state index contributed by atoms with van der Waals surface area (Å²) >= 11 is 0. The molecule has 0 radical (unpaired) electrons. The Kier molecular flexibility index (Phi) is 5.32. The lowest BCUT2D eigenvalue weighted by molar-refractivity contribution is 0.202. The van der Waals surface area contributed by atoms with Crippen LogP contribution in [-0.2, 0) is 4.74 Å². The molecule has 2 nitrogen and oxygen atoms in total. The van der Waals surface area contributed by atoms with Crippen LogP contribution in [0.5, 0.6) is 0 Å². The Morgan fingerprint density at radius 3 is 2.78 bits per heavy atom. The Morgan fingerprint density at radius 1 is 1.67 bits per heavy atom. The van der Waals surface area contributed by atoms with Crippen LogP contribution in [0.2, 0.25) is 0 Å². The first kappa shape index (κ1) is 8.50. The van der Waals surface area contributed by atoms with E-state index in [-0.39, 0.29) is 0 Å². The van der Waals surface area contributed by atoms with Crippen molar-refractivity contribution in [3.63, 3.8) is 0 Å². The normalized spacial score (nSPS) is 11.7. The summed E-state index contributed by atoms with van der Waals surface area (Å²) in [4.78, 5) is 0. The predicted octanol–water partition coefficient (Wildman–Crippen LogP) is 1.15. The lowest BCUT2D eigenvalue weighted by atomic mass is 10.2. The van der Waals surface area contributed by atoms with Gasteiger partial charge >= 0.3 is 0 Å². The zero-order valence-corrected chi connectivity index (χ0v) is 6.40. The van der Waals surface area contributed by atoms with Gasteiger partial charge in [-0.15, -0.1) is 0 Å². The van der Waals surface area contributed by atoms with Crippen molar-refractivity contribution in [1.82, 2.24) is 5.32 Å². The van der Waals surface area contributed by atoms with E-state index in [0.29, 0.717) is 0 Å². The molecule has 0 amide bonds. The number of hydrogen-bond acceptors (Lipinski definition) is 2. The van der Waals surface area contributed by atoms with E-state index in [1.54, 1.807) is 7.11 Å². The smallest absolute Gasteiger partial charge is 0.0499 e. The minimum Gasteiger partial charge on any atom is -0.394 e. The lowest BCUT2D eigenvalue weighted by Gasteiger charge is -1.98. The Morgan fingerprint density at radius 2 is 2.33 bits per heavy atom. The highest BCUT2D eigenvalue weighted by atomic mass is 16.5. The van der Waals surface area contributed by atoms with Crippen molar-refractivity contribution >= 4 is 0 Å². The number of ether oxygens (including phenoxy) is 1. The SMILES string of the molecule is CN/C=C(\C)CCOC. The molecule has 9 heavy (non-hydrogen) atoms. The first-order chi connectivity index (χ1) is 4.31. The highest BCUT2D eigenvalue weighted by Gasteiger charge is 1.85. The van der Waals surface area contributed by atoms with Crippen molar-refractivity contribution in [2.24, 2.45) is 0 Å². The minimum absolute atomic E-state index is 0.810. The van der Waals surface area contributed by atoms with Crippen molar-refractivity contribution < 1.29 is 4.74 Å². The van der Waals surface area contributed by atoms with Gasteiger partial charge in [-0.3, -0.25) is 0 Å². The molecule has 0 aliphatic heterocycles. The summed E-state index contributed by atoms with van der Waals surface area (Å²) in [6, 6.07) is 0. The second-order valence-electron chi connectivity index (χ2n) is 2.02. The third kappa shape index (κ3) is 5.37. The standard InChI is InChI=1S/C7H15NO/c1-7(6-8-2)4-5-9-3/h6,8H,4-5H2,1-3H3/b7-6+. The molecule has 0 aliphatic rings. The van der Waals surface area contributed by atoms with E-state index < -0.39 is 0 Å². The Bertz CT molecular complexity index is 88.9. The molecule has 0 spiro atoms. The van der Waals surface area contributed by atoms with Gasteiger partial charge in [0, 0.05) is 20.8 Å². The summed E-state index contributed by atoms with van der Waals surface area (Å²) in [5.41, 5.74) is 1.32. The van der Waals surface area contributed by atoms with Crippen LogP contribution in [0.1, 0.15) is 13.3 Å². The molecule has 0 aromatic heterocycles. The molecule has 0 unspecified atom stereocenters. The molecule has 0 saturated carbocycles. The first-order valence-electron chi connectivity index (χ1n) is 3.13. The number of hydrogen-bond donors (Lipinski definition) is 1. The van der Waals surface area contributed by atoms with E-state index in [2.05, 4.69) is 12.2 Å². The highest BCUT2D eigenvalue weighted by molar-refractivity contribution is 4.95. The van der Waals surface area contributed by atoms with Gasteiger partial charge in [0.1, 0.15) is 0 Å². The Hall–Kier alpha value is -0.500. The van der Waals surface area contributed by atoms with Gasteiger partial charge in [-0.2, -0.15) is 0 Å². The zero-order valence-electron chi connectivity index (χ0n) is 6.40. The molecule has 1 N–H and O–H groups in total. The van der Waals surface area contributed by atoms with E-state index >= 15 is 0 Å². The van der Waals surface area contributed by atoms with Crippen LogP contribution in [0.4, 0.5) is 0 Å². The van der Waals surface area contributed by atoms with E-state index in [4.69, 9.17) is 4.74 Å². The maximum absolute atomic E-state index is 4.89. The quantitative estimate of drug-likeness (QED) is 0.614. The van der Waals surface area contributed by atoms with E-state index in [1.807, 2.05) is 13.2 Å². The number of methoxy groups -OCH3 is 1. The second kappa shape index (κ2) is 5.63. The van der Waals surface area contributed by atoms with Gasteiger partial charge in [0.05, 0.1) is 0 Å². The van der Waals surface area contributed by atoms with Crippen LogP contribution in [0.3, 0.4) is 0 Å². The summed E-state index contributed by atoms with van der Waals surface area (Å²) < 4.78 is 4.89. The van der Waals surface area contributed by atoms with Crippen LogP contribution in [0, 0.1) is 0 Å². The maximum Gasteiger partial charge on any atom is 0.0499 e. The van der Waals surface area contributed by atoms with E-state index in [0.717, 1.165) is 13.0 Å². The fourth-order valence-corrected chi connectivity index (χ4v) is 0.582. The predicted molar refractivity (Wildman–Crippen MR) is 39.3 cm³/mol. The largest absolute Gasteiger partial charge is 0.394 e. The van der Waals surface area contributed by atoms with Gasteiger partial charge in [0.2, 0.25) is 0 Å². The molecule has 0 bridgehead atoms. The molecule has 0 atom stereocenters. The third-order valence-corrected chi connectivity index (χ3v) is 1.09. The topological polar surface area (TPSA) is 21.3 Å². The Balaban J connectivity index is 3.25. The van der Waals surface area contributed by atoms with Crippen LogP contribution >= 0.6 is 0 Å². The molecule has 0 aliphatic carbocycles. The van der Waals surface area contributed by atoms with E-state index in [1.165, 1.54) is 5.57 Å². The van der Waals surface area contributed by atoms with Gasteiger partial charge in [0.15, 0.2) is 0 Å². The molecule has 2 heteroatoms. The fraction of sp³-hybridized carbons (Fsp3) is 0.714. The molecule has 0 rings (SSSR count). The molecule has 0 fully saturated rings. The van der Waals surface area contributed by atoms with Crippen molar-refractivity contribution in [2.75, 3.05) is 20.8 Å². The molecule has 54 valence electrons. The van der Waals surface area contributed by atoms with Crippen molar-refractivity contribution in [2.45, 2.75) is 13.3 Å². The van der Waals surface area contributed by atoms with Crippen LogP contribution < -0.4 is 5.32 Å². The summed E-state index contributed by atoms with van der Waals surface area (Å²) in [7, 11) is 3.61. The van der Waals surface area contributed by atoms with E-state index in [9.17, 15) is 0 Å². The average Bonchev–Trinajstić information content (AvgIpc) is 1.85. The van der Waals surface area contributed by atoms with Gasteiger partial charge in [0.25, 0.3) is 0 Å².